The highest BCUT2D eigenvalue weighted by Crippen LogP contribution is 2.13. The normalized spacial score (nSPS) is 8.86. The van der Waals surface area contributed by atoms with Crippen molar-refractivity contribution in [3.05, 3.63) is 42.0 Å². The molecule has 1 aromatic carbocycles. The van der Waals surface area contributed by atoms with E-state index in [1.54, 1.807) is 24.3 Å². The van der Waals surface area contributed by atoms with Gasteiger partial charge in [-0.3, -0.25) is 0 Å². The van der Waals surface area contributed by atoms with Gasteiger partial charge in [-0.1, -0.05) is 18.7 Å². The third kappa shape index (κ3) is 1.99. The van der Waals surface area contributed by atoms with Gasteiger partial charge in [0.2, 0.25) is 0 Å². The number of carbonyl (C=O) groups excluding carboxylic acids is 1. The zero-order valence-electron chi connectivity index (χ0n) is 7.78. The Morgan fingerprint density at radius 2 is 2.14 bits per heavy atom. The Hall–Kier alpha value is -2.08. The van der Waals surface area contributed by atoms with Crippen LogP contribution in [0.3, 0.4) is 0 Å². The number of allylic oxidation sites excluding steroid dienone is 1. The Bertz CT molecular complexity index is 416. The predicted octanol–water partition coefficient (Wildman–Crippen LogP) is 2.01. The van der Waals surface area contributed by atoms with Crippen LogP contribution in [0, 0.1) is 11.3 Å². The fourth-order valence-corrected chi connectivity index (χ4v) is 1.02. The molecule has 3 heteroatoms. The van der Waals surface area contributed by atoms with E-state index in [0.717, 1.165) is 0 Å². The molecule has 0 bridgehead atoms. The molecule has 0 fully saturated rings. The van der Waals surface area contributed by atoms with E-state index >= 15 is 0 Å². The van der Waals surface area contributed by atoms with E-state index < -0.39 is 5.97 Å². The number of methoxy groups -OCH3 is 1. The van der Waals surface area contributed by atoms with Crippen LogP contribution in [0.5, 0.6) is 0 Å². The van der Waals surface area contributed by atoms with Crippen LogP contribution in [0.15, 0.2) is 30.8 Å². The summed E-state index contributed by atoms with van der Waals surface area (Å²) >= 11 is 0. The van der Waals surface area contributed by atoms with E-state index in [1.165, 1.54) is 7.11 Å². The molecule has 1 aromatic rings. The van der Waals surface area contributed by atoms with Crippen molar-refractivity contribution >= 4 is 11.5 Å². The Morgan fingerprint density at radius 1 is 1.50 bits per heavy atom. The van der Waals surface area contributed by atoms with Crippen molar-refractivity contribution in [3.8, 4) is 6.07 Å². The van der Waals surface area contributed by atoms with Crippen molar-refractivity contribution in [2.24, 2.45) is 0 Å². The van der Waals surface area contributed by atoms with Crippen LogP contribution in [0.25, 0.3) is 5.57 Å². The van der Waals surface area contributed by atoms with E-state index in [-0.39, 0.29) is 0 Å². The summed E-state index contributed by atoms with van der Waals surface area (Å²) in [6.45, 7) is 3.56. The molecular formula is C11H9NO2. The van der Waals surface area contributed by atoms with Crippen LogP contribution in [0.1, 0.15) is 15.9 Å². The monoisotopic (exact) mass is 187 g/mol. The Balaban J connectivity index is 3.08. The van der Waals surface area contributed by atoms with Crippen molar-refractivity contribution in [2.75, 3.05) is 7.11 Å². The van der Waals surface area contributed by atoms with E-state index in [4.69, 9.17) is 5.26 Å². The first-order valence-corrected chi connectivity index (χ1v) is 3.97. The van der Waals surface area contributed by atoms with Gasteiger partial charge in [0.25, 0.3) is 0 Å². The van der Waals surface area contributed by atoms with Crippen LogP contribution in [0.4, 0.5) is 0 Å². The van der Waals surface area contributed by atoms with Crippen molar-refractivity contribution in [1.29, 1.82) is 5.26 Å². The van der Waals surface area contributed by atoms with Crippen LogP contribution < -0.4 is 0 Å². The van der Waals surface area contributed by atoms with Crippen LogP contribution in [0.2, 0.25) is 0 Å². The smallest absolute Gasteiger partial charge is 0.337 e. The highest BCUT2D eigenvalue weighted by molar-refractivity contribution is 5.91. The number of esters is 1. The van der Waals surface area contributed by atoms with Gasteiger partial charge in [-0.15, -0.1) is 0 Å². The van der Waals surface area contributed by atoms with Gasteiger partial charge in [0, 0.05) is 0 Å². The topological polar surface area (TPSA) is 50.1 Å². The summed E-state index contributed by atoms with van der Waals surface area (Å²) in [5.74, 6) is -0.419. The standard InChI is InChI=1S/C11H9NO2/c1-8(7-12)9-4-3-5-10(6-9)11(13)14-2/h3-6H,1H2,2H3. The molecule has 0 spiro atoms. The van der Waals surface area contributed by atoms with Crippen molar-refractivity contribution in [1.82, 2.24) is 0 Å². The molecule has 70 valence electrons. The second-order valence-corrected chi connectivity index (χ2v) is 2.66. The van der Waals surface area contributed by atoms with Crippen LogP contribution >= 0.6 is 0 Å². The van der Waals surface area contributed by atoms with E-state index in [9.17, 15) is 4.79 Å². The third-order valence-corrected chi connectivity index (χ3v) is 1.77. The van der Waals surface area contributed by atoms with E-state index in [2.05, 4.69) is 11.3 Å². The predicted molar refractivity (Wildman–Crippen MR) is 52.4 cm³/mol. The lowest BCUT2D eigenvalue weighted by molar-refractivity contribution is 0.0600. The Kier molecular flexibility index (Phi) is 3.03. The quantitative estimate of drug-likeness (QED) is 0.525. The Labute approximate surface area is 82.2 Å². The summed E-state index contributed by atoms with van der Waals surface area (Å²) in [7, 11) is 1.31. The fourth-order valence-electron chi connectivity index (χ4n) is 1.02. The number of carbonyl (C=O) groups is 1. The number of ether oxygens (including phenoxy) is 1. The molecule has 0 aliphatic carbocycles. The van der Waals surface area contributed by atoms with Gasteiger partial charge < -0.3 is 4.74 Å². The lowest BCUT2D eigenvalue weighted by atomic mass is 10.1. The summed E-state index contributed by atoms with van der Waals surface area (Å²) in [5, 5.41) is 8.61. The summed E-state index contributed by atoms with van der Waals surface area (Å²) in [4.78, 5) is 11.1. The molecule has 0 aliphatic rings. The second kappa shape index (κ2) is 4.24. The SMILES string of the molecule is C=C(C#N)c1cccc(C(=O)OC)c1. The highest BCUT2D eigenvalue weighted by Gasteiger charge is 2.06. The maximum absolute atomic E-state index is 11.1. The zero-order valence-corrected chi connectivity index (χ0v) is 7.78. The van der Waals surface area contributed by atoms with Crippen LogP contribution in [-0.4, -0.2) is 13.1 Å². The summed E-state index contributed by atoms with van der Waals surface area (Å²) in [5.41, 5.74) is 1.38. The minimum absolute atomic E-state index is 0.329. The number of rotatable bonds is 2. The molecule has 0 heterocycles. The molecular weight excluding hydrogens is 178 g/mol. The molecule has 1 rings (SSSR count). The molecule has 0 N–H and O–H groups in total. The van der Waals surface area contributed by atoms with Crippen LogP contribution in [-0.2, 0) is 4.74 Å². The lowest BCUT2D eigenvalue weighted by Crippen LogP contribution is -2.01. The van der Waals surface area contributed by atoms with Gasteiger partial charge in [0.05, 0.1) is 24.3 Å². The van der Waals surface area contributed by atoms with Crippen molar-refractivity contribution in [3.63, 3.8) is 0 Å². The molecule has 0 saturated heterocycles. The molecule has 0 aliphatic heterocycles. The lowest BCUT2D eigenvalue weighted by Gasteiger charge is -2.01. The minimum atomic E-state index is -0.419. The molecule has 3 nitrogen and oxygen atoms in total. The molecule has 0 aromatic heterocycles. The molecule has 14 heavy (non-hydrogen) atoms. The van der Waals surface area contributed by atoms with Gasteiger partial charge in [0.1, 0.15) is 0 Å². The number of hydrogen-bond acceptors (Lipinski definition) is 3. The third-order valence-electron chi connectivity index (χ3n) is 1.77. The number of benzene rings is 1. The summed E-state index contributed by atoms with van der Waals surface area (Å²) in [6.07, 6.45) is 0. The first-order valence-electron chi connectivity index (χ1n) is 3.97. The first-order chi connectivity index (χ1) is 6.69. The maximum Gasteiger partial charge on any atom is 0.337 e. The summed E-state index contributed by atoms with van der Waals surface area (Å²) in [6, 6.07) is 8.53. The minimum Gasteiger partial charge on any atom is -0.465 e. The number of nitrogens with zero attached hydrogens (tertiary/aromatic N) is 1. The molecule has 0 saturated carbocycles. The zero-order chi connectivity index (χ0) is 10.6. The average Bonchev–Trinajstić information content (AvgIpc) is 2.27. The van der Waals surface area contributed by atoms with Gasteiger partial charge in [-0.2, -0.15) is 5.26 Å². The maximum atomic E-state index is 11.1. The van der Waals surface area contributed by atoms with Gasteiger partial charge in [-0.05, 0) is 17.7 Å². The molecule has 0 radical (unpaired) electrons. The molecule has 0 atom stereocenters. The highest BCUT2D eigenvalue weighted by atomic mass is 16.5. The number of hydrogen-bond donors (Lipinski definition) is 0. The molecule has 0 amide bonds. The van der Waals surface area contributed by atoms with Gasteiger partial charge in [0.15, 0.2) is 0 Å². The first kappa shape index (κ1) is 10.0. The Morgan fingerprint density at radius 3 is 2.71 bits per heavy atom. The van der Waals surface area contributed by atoms with Gasteiger partial charge >= 0.3 is 5.97 Å². The second-order valence-electron chi connectivity index (χ2n) is 2.66. The van der Waals surface area contributed by atoms with E-state index in [1.807, 2.05) is 6.07 Å². The number of nitriles is 1. The average molecular weight is 187 g/mol. The van der Waals surface area contributed by atoms with Gasteiger partial charge in [-0.25, -0.2) is 4.79 Å². The molecule has 0 unspecified atom stereocenters. The summed E-state index contributed by atoms with van der Waals surface area (Å²) < 4.78 is 4.55. The van der Waals surface area contributed by atoms with Crippen molar-refractivity contribution < 1.29 is 9.53 Å². The fraction of sp³-hybridized carbons (Fsp3) is 0.0909. The van der Waals surface area contributed by atoms with E-state index in [0.29, 0.717) is 16.7 Å². The van der Waals surface area contributed by atoms with Crippen molar-refractivity contribution in [2.45, 2.75) is 0 Å². The largest absolute Gasteiger partial charge is 0.465 e.